The van der Waals surface area contributed by atoms with Gasteiger partial charge in [-0.1, -0.05) is 0 Å². The van der Waals surface area contributed by atoms with E-state index < -0.39 is 0 Å². The summed E-state index contributed by atoms with van der Waals surface area (Å²) < 4.78 is 5.51. The van der Waals surface area contributed by atoms with Crippen LogP contribution in [0.1, 0.15) is 19.3 Å². The van der Waals surface area contributed by atoms with E-state index in [0.717, 1.165) is 19.0 Å². The normalized spacial score (nSPS) is 39.7. The summed E-state index contributed by atoms with van der Waals surface area (Å²) in [4.78, 5) is 14.2. The Morgan fingerprint density at radius 1 is 1.40 bits per heavy atom. The summed E-state index contributed by atoms with van der Waals surface area (Å²) in [6, 6.07) is 0.521. The molecule has 1 N–H and O–H groups in total. The maximum Gasteiger partial charge on any atom is 0.253 e. The summed E-state index contributed by atoms with van der Waals surface area (Å²) >= 11 is 0. The van der Waals surface area contributed by atoms with Gasteiger partial charge < -0.3 is 15.0 Å². The fourth-order valence-corrected chi connectivity index (χ4v) is 3.10. The van der Waals surface area contributed by atoms with Crippen molar-refractivity contribution in [1.29, 1.82) is 0 Å². The second kappa shape index (κ2) is 3.76. The van der Waals surface area contributed by atoms with Gasteiger partial charge in [-0.15, -0.1) is 0 Å². The van der Waals surface area contributed by atoms with Crippen molar-refractivity contribution in [2.75, 3.05) is 26.2 Å². The van der Waals surface area contributed by atoms with Crippen molar-refractivity contribution in [1.82, 2.24) is 10.2 Å². The first kappa shape index (κ1) is 9.60. The second-order valence-electron chi connectivity index (χ2n) is 4.89. The number of likely N-dealkylation sites (tertiary alicyclic amines) is 1. The van der Waals surface area contributed by atoms with E-state index in [2.05, 4.69) is 10.2 Å². The first-order valence-corrected chi connectivity index (χ1v) is 5.97. The third-order valence-electron chi connectivity index (χ3n) is 3.90. The van der Waals surface area contributed by atoms with E-state index in [4.69, 9.17) is 4.74 Å². The van der Waals surface area contributed by atoms with E-state index in [1.807, 2.05) is 0 Å². The lowest BCUT2D eigenvalue weighted by Crippen LogP contribution is -2.51. The molecule has 4 heteroatoms. The molecule has 3 rings (SSSR count). The molecule has 4 nitrogen and oxygen atoms in total. The number of morpholine rings is 1. The number of carbonyl (C=O) groups is 1. The van der Waals surface area contributed by atoms with Crippen LogP contribution in [0.15, 0.2) is 0 Å². The lowest BCUT2D eigenvalue weighted by atomic mass is 10.1. The molecule has 84 valence electrons. The van der Waals surface area contributed by atoms with Crippen molar-refractivity contribution >= 4 is 5.91 Å². The molecule has 1 saturated carbocycles. The number of carbonyl (C=O) groups excluding carboxylic acids is 1. The van der Waals surface area contributed by atoms with Crippen molar-refractivity contribution in [2.24, 2.45) is 5.92 Å². The maximum absolute atomic E-state index is 12.2. The SMILES string of the molecule is O=C([C@@H]1CNCCO1)N1CC2CCC1C2. The maximum atomic E-state index is 12.2. The second-order valence-corrected chi connectivity index (χ2v) is 4.89. The van der Waals surface area contributed by atoms with Crippen LogP contribution in [0.25, 0.3) is 0 Å². The summed E-state index contributed by atoms with van der Waals surface area (Å²) in [6.07, 6.45) is 3.53. The Morgan fingerprint density at radius 3 is 2.93 bits per heavy atom. The summed E-state index contributed by atoms with van der Waals surface area (Å²) in [7, 11) is 0. The molecule has 0 aromatic heterocycles. The predicted molar refractivity (Wildman–Crippen MR) is 55.5 cm³/mol. The van der Waals surface area contributed by atoms with Crippen molar-refractivity contribution in [3.63, 3.8) is 0 Å². The van der Waals surface area contributed by atoms with Gasteiger partial charge in [0.2, 0.25) is 0 Å². The predicted octanol–water partition coefficient (Wildman–Crippen LogP) is -0.0143. The highest BCUT2D eigenvalue weighted by molar-refractivity contribution is 5.82. The average molecular weight is 210 g/mol. The molecule has 0 spiro atoms. The third-order valence-corrected chi connectivity index (χ3v) is 3.90. The van der Waals surface area contributed by atoms with E-state index in [1.165, 1.54) is 19.3 Å². The molecule has 0 radical (unpaired) electrons. The standard InChI is InChI=1S/C11H18N2O2/c14-11(10-6-12-3-4-15-10)13-7-8-1-2-9(13)5-8/h8-10,12H,1-7H2/t8?,9?,10-/m0/s1. The monoisotopic (exact) mass is 210 g/mol. The van der Waals surface area contributed by atoms with Crippen LogP contribution in [-0.2, 0) is 9.53 Å². The molecule has 0 aromatic rings. The molecule has 2 saturated heterocycles. The molecular weight excluding hydrogens is 192 g/mol. The molecule has 15 heavy (non-hydrogen) atoms. The molecule has 2 unspecified atom stereocenters. The molecule has 3 aliphatic rings. The Morgan fingerprint density at radius 2 is 2.33 bits per heavy atom. The Balaban J connectivity index is 1.64. The van der Waals surface area contributed by atoms with Crippen LogP contribution < -0.4 is 5.32 Å². The molecule has 1 aliphatic carbocycles. The summed E-state index contributed by atoms with van der Waals surface area (Å²) in [5.41, 5.74) is 0. The van der Waals surface area contributed by atoms with Gasteiger partial charge >= 0.3 is 0 Å². The molecular formula is C11H18N2O2. The number of piperidine rings is 1. The van der Waals surface area contributed by atoms with E-state index in [-0.39, 0.29) is 12.0 Å². The highest BCUT2D eigenvalue weighted by Gasteiger charge is 2.42. The van der Waals surface area contributed by atoms with Gasteiger partial charge in [0, 0.05) is 25.7 Å². The van der Waals surface area contributed by atoms with Crippen LogP contribution in [0.2, 0.25) is 0 Å². The number of hydrogen-bond donors (Lipinski definition) is 1. The van der Waals surface area contributed by atoms with Gasteiger partial charge in [-0.2, -0.15) is 0 Å². The Hall–Kier alpha value is -0.610. The van der Waals surface area contributed by atoms with Gasteiger partial charge in [0.05, 0.1) is 6.61 Å². The Bertz CT molecular complexity index is 263. The lowest BCUT2D eigenvalue weighted by molar-refractivity contribution is -0.146. The average Bonchev–Trinajstić information content (AvgIpc) is 2.91. The van der Waals surface area contributed by atoms with E-state index in [0.29, 0.717) is 19.2 Å². The number of hydrogen-bond acceptors (Lipinski definition) is 3. The van der Waals surface area contributed by atoms with Gasteiger partial charge in [-0.05, 0) is 25.2 Å². The molecule has 3 fully saturated rings. The molecule has 2 heterocycles. The van der Waals surface area contributed by atoms with E-state index in [9.17, 15) is 4.79 Å². The first-order valence-electron chi connectivity index (χ1n) is 5.97. The number of ether oxygens (including phenoxy) is 1. The van der Waals surface area contributed by atoms with E-state index in [1.54, 1.807) is 0 Å². The van der Waals surface area contributed by atoms with Crippen LogP contribution in [0.3, 0.4) is 0 Å². The zero-order valence-electron chi connectivity index (χ0n) is 8.95. The van der Waals surface area contributed by atoms with Crippen molar-refractivity contribution in [3.8, 4) is 0 Å². The Labute approximate surface area is 90.0 Å². The van der Waals surface area contributed by atoms with Gasteiger partial charge in [0.25, 0.3) is 5.91 Å². The van der Waals surface area contributed by atoms with Gasteiger partial charge in [-0.25, -0.2) is 0 Å². The lowest BCUT2D eigenvalue weighted by Gasteiger charge is -2.32. The number of amides is 1. The number of nitrogens with one attached hydrogen (secondary N) is 1. The summed E-state index contributed by atoms with van der Waals surface area (Å²) in [5.74, 6) is 0.991. The van der Waals surface area contributed by atoms with Crippen molar-refractivity contribution < 1.29 is 9.53 Å². The minimum atomic E-state index is -0.224. The van der Waals surface area contributed by atoms with Crippen LogP contribution >= 0.6 is 0 Å². The highest BCUT2D eigenvalue weighted by atomic mass is 16.5. The fourth-order valence-electron chi connectivity index (χ4n) is 3.10. The van der Waals surface area contributed by atoms with Crippen LogP contribution in [0, 0.1) is 5.92 Å². The minimum Gasteiger partial charge on any atom is -0.366 e. The van der Waals surface area contributed by atoms with Crippen LogP contribution in [0.4, 0.5) is 0 Å². The topological polar surface area (TPSA) is 41.6 Å². The smallest absolute Gasteiger partial charge is 0.253 e. The van der Waals surface area contributed by atoms with Crippen molar-refractivity contribution in [3.05, 3.63) is 0 Å². The molecule has 2 bridgehead atoms. The zero-order valence-corrected chi connectivity index (χ0v) is 8.95. The number of nitrogens with zero attached hydrogens (tertiary/aromatic N) is 1. The summed E-state index contributed by atoms with van der Waals surface area (Å²) in [6.45, 7) is 3.20. The van der Waals surface area contributed by atoms with E-state index >= 15 is 0 Å². The van der Waals surface area contributed by atoms with Crippen molar-refractivity contribution in [2.45, 2.75) is 31.4 Å². The van der Waals surface area contributed by atoms with Crippen LogP contribution in [-0.4, -0.2) is 49.2 Å². The fraction of sp³-hybridized carbons (Fsp3) is 0.909. The van der Waals surface area contributed by atoms with Gasteiger partial charge in [0.1, 0.15) is 6.10 Å². The number of fused-ring (bicyclic) bond motifs is 2. The van der Waals surface area contributed by atoms with Gasteiger partial charge in [-0.3, -0.25) is 4.79 Å². The molecule has 0 aromatic carbocycles. The quantitative estimate of drug-likeness (QED) is 0.661. The summed E-state index contributed by atoms with van der Waals surface area (Å²) in [5, 5.41) is 3.21. The Kier molecular flexibility index (Phi) is 2.41. The van der Waals surface area contributed by atoms with Gasteiger partial charge in [0.15, 0.2) is 0 Å². The largest absolute Gasteiger partial charge is 0.366 e. The highest BCUT2D eigenvalue weighted by Crippen LogP contribution is 2.37. The zero-order chi connectivity index (χ0) is 10.3. The van der Waals surface area contributed by atoms with Crippen LogP contribution in [0.5, 0.6) is 0 Å². The molecule has 2 aliphatic heterocycles. The first-order chi connectivity index (χ1) is 7.34. The minimum absolute atomic E-state index is 0.217. The molecule has 3 atom stereocenters. The third kappa shape index (κ3) is 1.66. The number of rotatable bonds is 1. The molecule has 1 amide bonds.